The number of carbonyl (C=O) groups is 2. The molecule has 0 radical (unpaired) electrons. The molecule has 2 rings (SSSR count). The van der Waals surface area contributed by atoms with E-state index >= 15 is 0 Å². The Bertz CT molecular complexity index is 524. The van der Waals surface area contributed by atoms with Gasteiger partial charge in [0, 0.05) is 19.5 Å². The molecule has 1 amide bonds. The van der Waals surface area contributed by atoms with Gasteiger partial charge in [0.2, 0.25) is 5.91 Å². The average molecular weight is 303 g/mol. The first-order chi connectivity index (χ1) is 10.4. The molecule has 1 unspecified atom stereocenters. The van der Waals surface area contributed by atoms with Gasteiger partial charge in [-0.05, 0) is 44.6 Å². The molecule has 1 aliphatic rings. The summed E-state index contributed by atoms with van der Waals surface area (Å²) in [6.45, 7) is 5.39. The first-order valence-electron chi connectivity index (χ1n) is 7.98. The third kappa shape index (κ3) is 3.87. The number of amides is 1. The zero-order chi connectivity index (χ0) is 16.2. The first kappa shape index (κ1) is 16.5. The maximum absolute atomic E-state index is 12.9. The summed E-state index contributed by atoms with van der Waals surface area (Å²) in [5.74, 6) is -0.313. The molecule has 1 fully saturated rings. The smallest absolute Gasteiger partial charge is 0.303 e. The molecule has 1 aliphatic heterocycles. The van der Waals surface area contributed by atoms with Gasteiger partial charge >= 0.3 is 5.97 Å². The van der Waals surface area contributed by atoms with Crippen LogP contribution < -0.4 is 0 Å². The van der Waals surface area contributed by atoms with Crippen molar-refractivity contribution in [3.8, 4) is 0 Å². The Labute approximate surface area is 132 Å². The number of carbonyl (C=O) groups excluding carboxylic acids is 1. The molecule has 0 saturated carbocycles. The topological polar surface area (TPSA) is 57.6 Å². The molecule has 1 heterocycles. The monoisotopic (exact) mass is 303 g/mol. The van der Waals surface area contributed by atoms with Crippen molar-refractivity contribution in [1.29, 1.82) is 0 Å². The molecule has 0 bridgehead atoms. The minimum atomic E-state index is -0.756. The van der Waals surface area contributed by atoms with E-state index in [0.717, 1.165) is 24.9 Å². The molecule has 0 aliphatic carbocycles. The van der Waals surface area contributed by atoms with Crippen LogP contribution in [0.2, 0.25) is 0 Å². The second kappa shape index (κ2) is 6.95. The predicted molar refractivity (Wildman–Crippen MR) is 85.6 cm³/mol. The van der Waals surface area contributed by atoms with Crippen LogP contribution in [0.3, 0.4) is 0 Å². The highest BCUT2D eigenvalue weighted by Crippen LogP contribution is 2.29. The van der Waals surface area contributed by atoms with E-state index in [2.05, 4.69) is 0 Å². The predicted octanol–water partition coefficient (Wildman–Crippen LogP) is 3.07. The Morgan fingerprint density at radius 3 is 2.59 bits per heavy atom. The lowest BCUT2D eigenvalue weighted by Crippen LogP contribution is -2.48. The number of hydrogen-bond acceptors (Lipinski definition) is 2. The van der Waals surface area contributed by atoms with Crippen molar-refractivity contribution >= 4 is 11.9 Å². The van der Waals surface area contributed by atoms with Crippen LogP contribution in [0.25, 0.3) is 0 Å². The summed E-state index contributed by atoms with van der Waals surface area (Å²) in [4.78, 5) is 25.6. The fourth-order valence-electron chi connectivity index (χ4n) is 3.19. The molecule has 1 N–H and O–H groups in total. The standard InChI is InChI=1S/C18H25NO3/c1-18(2,15-8-4-3-5-9-15)17(22)19-12-6-7-14(13-19)10-11-16(20)21/h3-5,8-9,14H,6-7,10-13H2,1-2H3,(H,20,21). The molecular weight excluding hydrogens is 278 g/mol. The van der Waals surface area contributed by atoms with Gasteiger partial charge in [-0.15, -0.1) is 0 Å². The van der Waals surface area contributed by atoms with E-state index in [9.17, 15) is 9.59 Å². The summed E-state index contributed by atoms with van der Waals surface area (Å²) >= 11 is 0. The quantitative estimate of drug-likeness (QED) is 0.909. The Hall–Kier alpha value is -1.84. The average Bonchev–Trinajstić information content (AvgIpc) is 2.53. The number of rotatable bonds is 5. The van der Waals surface area contributed by atoms with Crippen molar-refractivity contribution in [1.82, 2.24) is 4.90 Å². The molecule has 1 saturated heterocycles. The normalized spacial score (nSPS) is 19.0. The van der Waals surface area contributed by atoms with Crippen LogP contribution in [-0.2, 0) is 15.0 Å². The number of carboxylic acids is 1. The minimum Gasteiger partial charge on any atom is -0.481 e. The molecule has 22 heavy (non-hydrogen) atoms. The van der Waals surface area contributed by atoms with Gasteiger partial charge in [0.25, 0.3) is 0 Å². The summed E-state index contributed by atoms with van der Waals surface area (Å²) in [6, 6.07) is 9.84. The summed E-state index contributed by atoms with van der Waals surface area (Å²) in [6.07, 6.45) is 2.82. The van der Waals surface area contributed by atoms with Crippen LogP contribution in [-0.4, -0.2) is 35.0 Å². The van der Waals surface area contributed by atoms with Crippen LogP contribution in [0, 0.1) is 5.92 Å². The summed E-state index contributed by atoms with van der Waals surface area (Å²) in [5.41, 5.74) is 0.475. The number of benzene rings is 1. The molecule has 120 valence electrons. The van der Waals surface area contributed by atoms with Gasteiger partial charge in [0.15, 0.2) is 0 Å². The molecule has 4 nitrogen and oxygen atoms in total. The lowest BCUT2D eigenvalue weighted by molar-refractivity contribution is -0.138. The summed E-state index contributed by atoms with van der Waals surface area (Å²) in [5, 5.41) is 8.82. The van der Waals surface area contributed by atoms with Crippen molar-refractivity contribution < 1.29 is 14.7 Å². The van der Waals surface area contributed by atoms with E-state index < -0.39 is 11.4 Å². The second-order valence-corrected chi connectivity index (χ2v) is 6.68. The Kier molecular flexibility index (Phi) is 5.22. The van der Waals surface area contributed by atoms with Crippen LogP contribution in [0.15, 0.2) is 30.3 Å². The van der Waals surface area contributed by atoms with Gasteiger partial charge in [-0.1, -0.05) is 30.3 Å². The number of piperidine rings is 1. The zero-order valence-electron chi connectivity index (χ0n) is 13.4. The Morgan fingerprint density at radius 1 is 1.27 bits per heavy atom. The van der Waals surface area contributed by atoms with E-state index in [1.807, 2.05) is 49.1 Å². The number of carboxylic acid groups (broad SMARTS) is 1. The third-order valence-corrected chi connectivity index (χ3v) is 4.60. The fraction of sp³-hybridized carbons (Fsp3) is 0.556. The largest absolute Gasteiger partial charge is 0.481 e. The van der Waals surface area contributed by atoms with Gasteiger partial charge in [0.1, 0.15) is 0 Å². The van der Waals surface area contributed by atoms with E-state index in [4.69, 9.17) is 5.11 Å². The second-order valence-electron chi connectivity index (χ2n) is 6.68. The lowest BCUT2D eigenvalue weighted by atomic mass is 9.82. The van der Waals surface area contributed by atoms with E-state index in [1.165, 1.54) is 0 Å². The SMILES string of the molecule is CC(C)(C(=O)N1CCCC(CCC(=O)O)C1)c1ccccc1. The van der Waals surface area contributed by atoms with Crippen molar-refractivity contribution in [2.75, 3.05) is 13.1 Å². The van der Waals surface area contributed by atoms with Crippen LogP contribution in [0.5, 0.6) is 0 Å². The van der Waals surface area contributed by atoms with E-state index in [1.54, 1.807) is 0 Å². The number of nitrogens with zero attached hydrogens (tertiary/aromatic N) is 1. The van der Waals surface area contributed by atoms with E-state index in [0.29, 0.717) is 18.9 Å². The highest BCUT2D eigenvalue weighted by Gasteiger charge is 2.35. The Morgan fingerprint density at radius 2 is 1.95 bits per heavy atom. The van der Waals surface area contributed by atoms with Crippen LogP contribution in [0.1, 0.15) is 45.1 Å². The maximum atomic E-state index is 12.9. The zero-order valence-corrected chi connectivity index (χ0v) is 13.4. The van der Waals surface area contributed by atoms with Gasteiger partial charge in [-0.2, -0.15) is 0 Å². The van der Waals surface area contributed by atoms with Gasteiger partial charge < -0.3 is 10.0 Å². The summed E-state index contributed by atoms with van der Waals surface area (Å²) in [7, 11) is 0. The molecular formula is C18H25NO3. The molecule has 0 spiro atoms. The molecule has 1 atom stereocenters. The van der Waals surface area contributed by atoms with Crippen molar-refractivity contribution in [2.24, 2.45) is 5.92 Å². The maximum Gasteiger partial charge on any atom is 0.303 e. The summed E-state index contributed by atoms with van der Waals surface area (Å²) < 4.78 is 0. The van der Waals surface area contributed by atoms with Gasteiger partial charge in [0.05, 0.1) is 5.41 Å². The van der Waals surface area contributed by atoms with Crippen molar-refractivity contribution in [2.45, 2.75) is 44.9 Å². The number of aliphatic carboxylic acids is 1. The first-order valence-corrected chi connectivity index (χ1v) is 7.98. The minimum absolute atomic E-state index is 0.138. The van der Waals surface area contributed by atoms with Crippen molar-refractivity contribution in [3.05, 3.63) is 35.9 Å². The highest BCUT2D eigenvalue weighted by molar-refractivity contribution is 5.87. The van der Waals surface area contributed by atoms with Gasteiger partial charge in [-0.3, -0.25) is 9.59 Å². The van der Waals surface area contributed by atoms with Gasteiger partial charge in [-0.25, -0.2) is 0 Å². The number of hydrogen-bond donors (Lipinski definition) is 1. The third-order valence-electron chi connectivity index (χ3n) is 4.60. The molecule has 0 aromatic heterocycles. The van der Waals surface area contributed by atoms with Crippen molar-refractivity contribution in [3.63, 3.8) is 0 Å². The Balaban J connectivity index is 2.03. The van der Waals surface area contributed by atoms with Crippen LogP contribution in [0.4, 0.5) is 0 Å². The molecule has 1 aromatic rings. The fourth-order valence-corrected chi connectivity index (χ4v) is 3.19. The number of likely N-dealkylation sites (tertiary alicyclic amines) is 1. The highest BCUT2D eigenvalue weighted by atomic mass is 16.4. The van der Waals surface area contributed by atoms with Crippen LogP contribution >= 0.6 is 0 Å². The van der Waals surface area contributed by atoms with E-state index in [-0.39, 0.29) is 12.3 Å². The lowest BCUT2D eigenvalue weighted by Gasteiger charge is -2.38. The molecule has 4 heteroatoms. The molecule has 1 aromatic carbocycles.